The highest BCUT2D eigenvalue weighted by Crippen LogP contribution is 2.22. The van der Waals surface area contributed by atoms with Crippen LogP contribution in [0.2, 0.25) is 0 Å². The molecule has 0 aliphatic heterocycles. The second-order valence-electron chi connectivity index (χ2n) is 5.71. The number of ketones is 1. The molecular formula is C19H22O. The Morgan fingerprint density at radius 3 is 2.10 bits per heavy atom. The van der Waals surface area contributed by atoms with Crippen LogP contribution in [0.15, 0.2) is 42.5 Å². The van der Waals surface area contributed by atoms with E-state index < -0.39 is 0 Å². The van der Waals surface area contributed by atoms with E-state index in [1.165, 1.54) is 22.3 Å². The fraction of sp³-hybridized carbons (Fsp3) is 0.316. The van der Waals surface area contributed by atoms with E-state index in [-0.39, 0.29) is 11.7 Å². The van der Waals surface area contributed by atoms with Gasteiger partial charge in [-0.25, -0.2) is 0 Å². The van der Waals surface area contributed by atoms with Gasteiger partial charge in [0.1, 0.15) is 0 Å². The Hall–Kier alpha value is -1.89. The molecule has 0 saturated heterocycles. The van der Waals surface area contributed by atoms with Crippen LogP contribution in [-0.4, -0.2) is 5.78 Å². The zero-order valence-electron chi connectivity index (χ0n) is 12.7. The third-order valence-electron chi connectivity index (χ3n) is 3.86. The van der Waals surface area contributed by atoms with Gasteiger partial charge in [0.05, 0.1) is 0 Å². The molecule has 0 heterocycles. The van der Waals surface area contributed by atoms with Crippen molar-refractivity contribution in [3.05, 3.63) is 70.3 Å². The third kappa shape index (κ3) is 3.16. The first kappa shape index (κ1) is 14.5. The standard InChI is InChI=1S/C19H22O/c1-13-10-14(2)18(15(3)11-13)12-16(4)19(20)17-8-6-5-7-9-17/h5-11,16H,12H2,1-4H3. The molecule has 1 unspecified atom stereocenters. The summed E-state index contributed by atoms with van der Waals surface area (Å²) in [5, 5.41) is 0. The van der Waals surface area contributed by atoms with Crippen molar-refractivity contribution >= 4 is 5.78 Å². The summed E-state index contributed by atoms with van der Waals surface area (Å²) in [6, 6.07) is 14.0. The average molecular weight is 266 g/mol. The lowest BCUT2D eigenvalue weighted by atomic mass is 9.88. The number of Topliss-reactive ketones (excluding diaryl/α,β-unsaturated/α-hetero) is 1. The zero-order valence-corrected chi connectivity index (χ0v) is 12.7. The fourth-order valence-electron chi connectivity index (χ4n) is 2.82. The molecule has 1 nitrogen and oxygen atoms in total. The smallest absolute Gasteiger partial charge is 0.165 e. The lowest BCUT2D eigenvalue weighted by Crippen LogP contribution is -2.15. The Morgan fingerprint density at radius 1 is 1.00 bits per heavy atom. The van der Waals surface area contributed by atoms with E-state index in [2.05, 4.69) is 32.9 Å². The van der Waals surface area contributed by atoms with Gasteiger partial charge in [-0.1, -0.05) is 55.0 Å². The van der Waals surface area contributed by atoms with Gasteiger partial charge in [-0.2, -0.15) is 0 Å². The van der Waals surface area contributed by atoms with Crippen molar-refractivity contribution in [2.24, 2.45) is 5.92 Å². The monoisotopic (exact) mass is 266 g/mol. The molecule has 0 radical (unpaired) electrons. The van der Waals surface area contributed by atoms with Crippen molar-refractivity contribution in [1.29, 1.82) is 0 Å². The predicted octanol–water partition coefficient (Wildman–Crippen LogP) is 4.67. The van der Waals surface area contributed by atoms with Crippen molar-refractivity contribution < 1.29 is 4.79 Å². The summed E-state index contributed by atoms with van der Waals surface area (Å²) in [4.78, 5) is 12.4. The normalized spacial score (nSPS) is 12.2. The first-order chi connectivity index (χ1) is 9.49. The SMILES string of the molecule is Cc1cc(C)c(CC(C)C(=O)c2ccccc2)c(C)c1. The van der Waals surface area contributed by atoms with Crippen LogP contribution >= 0.6 is 0 Å². The molecule has 0 aliphatic rings. The number of benzene rings is 2. The van der Waals surface area contributed by atoms with Gasteiger partial charge in [-0.3, -0.25) is 4.79 Å². The van der Waals surface area contributed by atoms with Crippen LogP contribution in [-0.2, 0) is 6.42 Å². The molecule has 1 atom stereocenters. The summed E-state index contributed by atoms with van der Waals surface area (Å²) in [5.41, 5.74) is 5.98. The van der Waals surface area contributed by atoms with E-state index in [1.807, 2.05) is 37.3 Å². The van der Waals surface area contributed by atoms with Crippen LogP contribution in [0.3, 0.4) is 0 Å². The van der Waals surface area contributed by atoms with Crippen molar-refractivity contribution in [3.63, 3.8) is 0 Å². The van der Waals surface area contributed by atoms with Crippen LogP contribution in [0.5, 0.6) is 0 Å². The summed E-state index contributed by atoms with van der Waals surface area (Å²) in [7, 11) is 0. The van der Waals surface area contributed by atoms with Crippen molar-refractivity contribution in [3.8, 4) is 0 Å². The van der Waals surface area contributed by atoms with E-state index in [1.54, 1.807) is 0 Å². The quantitative estimate of drug-likeness (QED) is 0.735. The summed E-state index contributed by atoms with van der Waals surface area (Å²) in [6.45, 7) is 8.40. The summed E-state index contributed by atoms with van der Waals surface area (Å²) in [5.74, 6) is 0.238. The first-order valence-corrected chi connectivity index (χ1v) is 7.15. The van der Waals surface area contributed by atoms with Gasteiger partial charge in [-0.05, 0) is 43.9 Å². The molecule has 20 heavy (non-hydrogen) atoms. The largest absolute Gasteiger partial charge is 0.294 e. The van der Waals surface area contributed by atoms with Gasteiger partial charge in [-0.15, -0.1) is 0 Å². The van der Waals surface area contributed by atoms with Crippen molar-refractivity contribution in [2.75, 3.05) is 0 Å². The molecular weight excluding hydrogens is 244 g/mol. The molecule has 1 heteroatoms. The van der Waals surface area contributed by atoms with Crippen LogP contribution in [0.1, 0.15) is 39.5 Å². The molecule has 0 N–H and O–H groups in total. The maximum Gasteiger partial charge on any atom is 0.165 e. The highest BCUT2D eigenvalue weighted by molar-refractivity contribution is 5.97. The van der Waals surface area contributed by atoms with Crippen LogP contribution < -0.4 is 0 Å². The predicted molar refractivity (Wildman–Crippen MR) is 84.3 cm³/mol. The van der Waals surface area contributed by atoms with Crippen LogP contribution in [0.25, 0.3) is 0 Å². The molecule has 2 rings (SSSR count). The molecule has 2 aromatic carbocycles. The topological polar surface area (TPSA) is 17.1 Å². The van der Waals surface area contributed by atoms with E-state index in [0.29, 0.717) is 0 Å². The maximum absolute atomic E-state index is 12.4. The molecule has 0 bridgehead atoms. The van der Waals surface area contributed by atoms with Gasteiger partial charge in [0.2, 0.25) is 0 Å². The first-order valence-electron chi connectivity index (χ1n) is 7.15. The lowest BCUT2D eigenvalue weighted by molar-refractivity contribution is 0.0929. The highest BCUT2D eigenvalue weighted by atomic mass is 16.1. The van der Waals surface area contributed by atoms with Crippen LogP contribution in [0, 0.1) is 26.7 Å². The van der Waals surface area contributed by atoms with Gasteiger partial charge in [0.15, 0.2) is 5.78 Å². The minimum atomic E-state index is 0.0116. The minimum absolute atomic E-state index is 0.0116. The Labute approximate surface area is 121 Å². The van der Waals surface area contributed by atoms with Crippen molar-refractivity contribution in [1.82, 2.24) is 0 Å². The van der Waals surface area contributed by atoms with Gasteiger partial charge < -0.3 is 0 Å². The number of carbonyl (C=O) groups is 1. The average Bonchev–Trinajstić information content (AvgIpc) is 2.42. The van der Waals surface area contributed by atoms with Crippen molar-refractivity contribution in [2.45, 2.75) is 34.1 Å². The van der Waals surface area contributed by atoms with Gasteiger partial charge >= 0.3 is 0 Å². The second kappa shape index (κ2) is 6.04. The molecule has 2 aromatic rings. The highest BCUT2D eigenvalue weighted by Gasteiger charge is 2.17. The molecule has 0 amide bonds. The maximum atomic E-state index is 12.4. The number of hydrogen-bond donors (Lipinski definition) is 0. The molecule has 0 spiro atoms. The number of hydrogen-bond acceptors (Lipinski definition) is 1. The fourth-order valence-corrected chi connectivity index (χ4v) is 2.82. The molecule has 0 aliphatic carbocycles. The second-order valence-corrected chi connectivity index (χ2v) is 5.71. The van der Waals surface area contributed by atoms with E-state index in [0.717, 1.165) is 12.0 Å². The lowest BCUT2D eigenvalue weighted by Gasteiger charge is -2.16. The molecule has 104 valence electrons. The number of rotatable bonds is 4. The molecule has 0 saturated carbocycles. The third-order valence-corrected chi connectivity index (χ3v) is 3.86. The van der Waals surface area contributed by atoms with E-state index >= 15 is 0 Å². The molecule has 0 aromatic heterocycles. The number of aryl methyl sites for hydroxylation is 3. The summed E-state index contributed by atoms with van der Waals surface area (Å²) < 4.78 is 0. The van der Waals surface area contributed by atoms with E-state index in [9.17, 15) is 4.79 Å². The van der Waals surface area contributed by atoms with Crippen LogP contribution in [0.4, 0.5) is 0 Å². The van der Waals surface area contributed by atoms with Gasteiger partial charge in [0, 0.05) is 11.5 Å². The Kier molecular flexibility index (Phi) is 4.39. The number of carbonyl (C=O) groups excluding carboxylic acids is 1. The minimum Gasteiger partial charge on any atom is -0.294 e. The molecule has 0 fully saturated rings. The zero-order chi connectivity index (χ0) is 14.7. The summed E-state index contributed by atoms with van der Waals surface area (Å²) >= 11 is 0. The Morgan fingerprint density at radius 2 is 1.55 bits per heavy atom. The summed E-state index contributed by atoms with van der Waals surface area (Å²) in [6.07, 6.45) is 0.811. The Bertz CT molecular complexity index is 588. The Balaban J connectivity index is 2.20. The van der Waals surface area contributed by atoms with Gasteiger partial charge in [0.25, 0.3) is 0 Å². The van der Waals surface area contributed by atoms with E-state index in [4.69, 9.17) is 0 Å².